The van der Waals surface area contributed by atoms with Gasteiger partial charge >= 0.3 is 5.97 Å². The Kier molecular flexibility index (Phi) is 8.25. The van der Waals surface area contributed by atoms with Gasteiger partial charge in [-0.05, 0) is 35.2 Å². The van der Waals surface area contributed by atoms with E-state index < -0.39 is 5.97 Å². The highest BCUT2D eigenvalue weighted by atomic mass is 32.2. The molecule has 0 bridgehead atoms. The summed E-state index contributed by atoms with van der Waals surface area (Å²) in [4.78, 5) is 24.5. The number of amides is 1. The van der Waals surface area contributed by atoms with E-state index in [-0.39, 0.29) is 19.1 Å². The average Bonchev–Trinajstić information content (AvgIpc) is 2.71. The number of carbonyl (C=O) groups excluding carboxylic acids is 2. The van der Waals surface area contributed by atoms with Crippen LogP contribution in [-0.4, -0.2) is 32.7 Å². The highest BCUT2D eigenvalue weighted by Gasteiger charge is 2.07. The van der Waals surface area contributed by atoms with Gasteiger partial charge in [-0.2, -0.15) is 0 Å². The van der Waals surface area contributed by atoms with Gasteiger partial charge in [-0.15, -0.1) is 0 Å². The van der Waals surface area contributed by atoms with Crippen LogP contribution in [0.3, 0.4) is 0 Å². The van der Waals surface area contributed by atoms with E-state index in [1.807, 2.05) is 36.4 Å². The first-order valence-corrected chi connectivity index (χ1v) is 9.03. The van der Waals surface area contributed by atoms with Crippen LogP contribution in [0.25, 0.3) is 0 Å². The average molecular weight is 387 g/mol. The Balaban J connectivity index is 1.72. The Morgan fingerprint density at radius 3 is 2.48 bits per heavy atom. The summed E-state index contributed by atoms with van der Waals surface area (Å²) in [5.41, 5.74) is 0.839. The molecule has 7 heteroatoms. The second-order valence-electron chi connectivity index (χ2n) is 5.31. The quantitative estimate of drug-likeness (QED) is 0.405. The molecular weight excluding hydrogens is 366 g/mol. The van der Waals surface area contributed by atoms with Crippen LogP contribution in [0.4, 0.5) is 0 Å². The molecule has 0 aliphatic carbocycles. The summed E-state index contributed by atoms with van der Waals surface area (Å²) in [5.74, 6) is 0.236. The number of rotatable bonds is 9. The molecule has 2 rings (SSSR count). The highest BCUT2D eigenvalue weighted by Crippen LogP contribution is 2.27. The third-order valence-electron chi connectivity index (χ3n) is 3.43. The Labute approximate surface area is 162 Å². The van der Waals surface area contributed by atoms with Gasteiger partial charge in [0.25, 0.3) is 5.91 Å². The van der Waals surface area contributed by atoms with E-state index in [9.17, 15) is 9.59 Å². The molecule has 0 aliphatic rings. The summed E-state index contributed by atoms with van der Waals surface area (Å²) in [6, 6.07) is 15.0. The van der Waals surface area contributed by atoms with Crippen LogP contribution < -0.4 is 14.8 Å². The van der Waals surface area contributed by atoms with E-state index >= 15 is 0 Å². The Morgan fingerprint density at radius 2 is 1.78 bits per heavy atom. The molecule has 0 fully saturated rings. The Morgan fingerprint density at radius 1 is 1.04 bits per heavy atom. The van der Waals surface area contributed by atoms with Crippen LogP contribution >= 0.6 is 11.8 Å². The van der Waals surface area contributed by atoms with Gasteiger partial charge in [-0.25, -0.2) is 4.79 Å². The normalized spacial score (nSPS) is 10.4. The summed E-state index contributed by atoms with van der Waals surface area (Å²) >= 11 is 1.39. The van der Waals surface area contributed by atoms with Crippen LogP contribution in [-0.2, 0) is 20.9 Å². The molecule has 0 radical (unpaired) electrons. The van der Waals surface area contributed by atoms with Crippen molar-refractivity contribution in [3.05, 3.63) is 65.6 Å². The second-order valence-corrected chi connectivity index (χ2v) is 6.29. The number of ether oxygens (including phenoxy) is 3. The second kappa shape index (κ2) is 10.9. The van der Waals surface area contributed by atoms with Crippen LogP contribution in [0, 0.1) is 0 Å². The van der Waals surface area contributed by atoms with Gasteiger partial charge in [0.15, 0.2) is 18.1 Å². The minimum atomic E-state index is -0.570. The Hall–Kier alpha value is -2.93. The minimum Gasteiger partial charge on any atom is -0.493 e. The molecule has 6 nitrogen and oxygen atoms in total. The lowest BCUT2D eigenvalue weighted by Crippen LogP contribution is -2.28. The van der Waals surface area contributed by atoms with E-state index in [1.165, 1.54) is 17.8 Å². The monoisotopic (exact) mass is 387 g/mol. The summed E-state index contributed by atoms with van der Waals surface area (Å²) in [5, 5.41) is 4.31. The number of hydrogen-bond acceptors (Lipinski definition) is 6. The fraction of sp³-hybridized carbons (Fsp3) is 0.200. The predicted octanol–water partition coefficient (Wildman–Crippen LogP) is 3.17. The topological polar surface area (TPSA) is 73.9 Å². The zero-order valence-corrected chi connectivity index (χ0v) is 16.0. The van der Waals surface area contributed by atoms with Gasteiger partial charge < -0.3 is 19.5 Å². The van der Waals surface area contributed by atoms with E-state index in [0.717, 1.165) is 10.5 Å². The molecule has 0 aromatic heterocycles. The number of benzene rings is 2. The highest BCUT2D eigenvalue weighted by molar-refractivity contribution is 8.02. The molecule has 2 aromatic rings. The lowest BCUT2D eigenvalue weighted by molar-refractivity contribution is -0.143. The minimum absolute atomic E-state index is 0.288. The molecule has 142 valence electrons. The first kappa shape index (κ1) is 20.4. The van der Waals surface area contributed by atoms with Crippen molar-refractivity contribution in [2.75, 3.05) is 20.8 Å². The molecule has 1 amide bonds. The van der Waals surface area contributed by atoms with Crippen molar-refractivity contribution in [2.24, 2.45) is 0 Å². The van der Waals surface area contributed by atoms with E-state index in [1.54, 1.807) is 31.8 Å². The zero-order chi connectivity index (χ0) is 19.5. The van der Waals surface area contributed by atoms with E-state index in [4.69, 9.17) is 14.2 Å². The maximum absolute atomic E-state index is 11.8. The van der Waals surface area contributed by atoms with Gasteiger partial charge in [-0.3, -0.25) is 4.79 Å². The van der Waals surface area contributed by atoms with Crippen molar-refractivity contribution in [3.8, 4) is 11.5 Å². The number of esters is 1. The van der Waals surface area contributed by atoms with E-state index in [0.29, 0.717) is 11.5 Å². The maximum atomic E-state index is 11.8. The van der Waals surface area contributed by atoms with Crippen LogP contribution in [0.2, 0.25) is 0 Å². The molecule has 0 saturated heterocycles. The smallest absolute Gasteiger partial charge is 0.331 e. The molecule has 1 N–H and O–H groups in total. The van der Waals surface area contributed by atoms with Gasteiger partial charge in [0, 0.05) is 17.5 Å². The molecule has 0 unspecified atom stereocenters. The van der Waals surface area contributed by atoms with Gasteiger partial charge in [-0.1, -0.05) is 36.0 Å². The Bertz CT molecular complexity index is 792. The lowest BCUT2D eigenvalue weighted by Gasteiger charge is -2.10. The molecular formula is C20H21NO5S. The number of nitrogens with one attached hydrogen (secondary N) is 1. The predicted molar refractivity (Wildman–Crippen MR) is 104 cm³/mol. The van der Waals surface area contributed by atoms with Crippen molar-refractivity contribution < 1.29 is 23.8 Å². The van der Waals surface area contributed by atoms with Crippen LogP contribution in [0.5, 0.6) is 11.5 Å². The summed E-state index contributed by atoms with van der Waals surface area (Å²) < 4.78 is 15.3. The van der Waals surface area contributed by atoms with Crippen molar-refractivity contribution >= 4 is 23.6 Å². The summed E-state index contributed by atoms with van der Waals surface area (Å²) in [6.07, 6.45) is 1.29. The molecule has 27 heavy (non-hydrogen) atoms. The van der Waals surface area contributed by atoms with Crippen LogP contribution in [0.15, 0.2) is 64.9 Å². The zero-order valence-electron chi connectivity index (χ0n) is 15.1. The fourth-order valence-electron chi connectivity index (χ4n) is 2.09. The third-order valence-corrected chi connectivity index (χ3v) is 4.25. The lowest BCUT2D eigenvalue weighted by atomic mass is 10.2. The SMILES string of the molecule is COc1ccc(CNC(=O)COC(=O)/C=C/Sc2ccccc2)cc1OC. The molecule has 0 atom stereocenters. The summed E-state index contributed by atoms with van der Waals surface area (Å²) in [7, 11) is 3.10. The van der Waals surface area contributed by atoms with Gasteiger partial charge in [0.1, 0.15) is 0 Å². The van der Waals surface area contributed by atoms with Crippen LogP contribution in [0.1, 0.15) is 5.56 Å². The number of thioether (sulfide) groups is 1. The first-order chi connectivity index (χ1) is 13.1. The number of carbonyl (C=O) groups is 2. The molecule has 0 saturated carbocycles. The molecule has 0 aliphatic heterocycles. The summed E-state index contributed by atoms with van der Waals surface area (Å²) in [6.45, 7) is -0.0527. The van der Waals surface area contributed by atoms with Crippen molar-refractivity contribution in [3.63, 3.8) is 0 Å². The van der Waals surface area contributed by atoms with Crippen molar-refractivity contribution in [2.45, 2.75) is 11.4 Å². The first-order valence-electron chi connectivity index (χ1n) is 8.15. The van der Waals surface area contributed by atoms with E-state index in [2.05, 4.69) is 5.32 Å². The molecule has 2 aromatic carbocycles. The van der Waals surface area contributed by atoms with Crippen molar-refractivity contribution in [1.82, 2.24) is 5.32 Å². The number of hydrogen-bond donors (Lipinski definition) is 1. The molecule has 0 spiro atoms. The maximum Gasteiger partial charge on any atom is 0.331 e. The molecule has 0 heterocycles. The largest absolute Gasteiger partial charge is 0.493 e. The fourth-order valence-corrected chi connectivity index (χ4v) is 2.74. The van der Waals surface area contributed by atoms with Gasteiger partial charge in [0.2, 0.25) is 0 Å². The standard InChI is InChI=1S/C20H21NO5S/c1-24-17-9-8-15(12-18(17)25-2)13-21-19(22)14-26-20(23)10-11-27-16-6-4-3-5-7-16/h3-12H,13-14H2,1-2H3,(H,21,22)/b11-10+. The number of methoxy groups -OCH3 is 2. The van der Waals surface area contributed by atoms with Crippen molar-refractivity contribution in [1.29, 1.82) is 0 Å². The third kappa shape index (κ3) is 7.07. The van der Waals surface area contributed by atoms with Gasteiger partial charge in [0.05, 0.1) is 14.2 Å².